The number of hydroxylamine groups is 1. The quantitative estimate of drug-likeness (QED) is 0.586. The van der Waals surface area contributed by atoms with E-state index in [4.69, 9.17) is 32.8 Å². The Morgan fingerprint density at radius 1 is 1.12 bits per heavy atom. The van der Waals surface area contributed by atoms with Crippen molar-refractivity contribution in [2.45, 2.75) is 43.9 Å². The molecule has 2 aromatic carbocycles. The Morgan fingerprint density at radius 3 is 2.44 bits per heavy atom. The third-order valence-corrected chi connectivity index (χ3v) is 6.41. The molecule has 0 saturated carbocycles. The summed E-state index contributed by atoms with van der Waals surface area (Å²) in [5.74, 6) is -0.845. The standard InChI is InChI=1S/C23H22Cl2N2O5/c1-22(2)13-23(20(29)26(22)21(30)31-3)12-18(27(32-23)15-7-5-4-6-8-15)19(28)16-10-9-14(24)11-17(16)25/h4-11,18H,12-13H2,1-3H3/t18-,23+/m1/s1. The number of halogens is 2. The lowest BCUT2D eigenvalue weighted by atomic mass is 9.86. The van der Waals surface area contributed by atoms with Crippen molar-refractivity contribution in [2.75, 3.05) is 12.2 Å². The van der Waals surface area contributed by atoms with Crippen LogP contribution in [0.3, 0.4) is 0 Å². The number of anilines is 1. The molecule has 2 fully saturated rings. The highest BCUT2D eigenvalue weighted by molar-refractivity contribution is 6.37. The molecule has 168 valence electrons. The molecule has 0 bridgehead atoms. The lowest BCUT2D eigenvalue weighted by molar-refractivity contribution is -0.144. The zero-order valence-electron chi connectivity index (χ0n) is 17.8. The first-order valence-corrected chi connectivity index (χ1v) is 10.8. The molecule has 32 heavy (non-hydrogen) atoms. The molecule has 4 rings (SSSR count). The number of carbonyl (C=O) groups is 3. The van der Waals surface area contributed by atoms with Crippen molar-refractivity contribution < 1.29 is 24.0 Å². The topological polar surface area (TPSA) is 76.2 Å². The van der Waals surface area contributed by atoms with E-state index in [-0.39, 0.29) is 29.2 Å². The lowest BCUT2D eigenvalue weighted by Gasteiger charge is -2.27. The molecule has 0 unspecified atom stereocenters. The first-order valence-electron chi connectivity index (χ1n) is 10.0. The molecule has 2 aromatic rings. The number of rotatable bonds is 3. The fraction of sp³-hybridized carbons (Fsp3) is 0.348. The Hall–Kier alpha value is -2.61. The normalized spacial score (nSPS) is 24.3. The molecule has 0 radical (unpaired) electrons. The molecule has 0 N–H and O–H groups in total. The van der Waals surface area contributed by atoms with Gasteiger partial charge < -0.3 is 4.74 Å². The second-order valence-electron chi connectivity index (χ2n) is 8.56. The van der Waals surface area contributed by atoms with E-state index in [1.807, 2.05) is 18.2 Å². The van der Waals surface area contributed by atoms with Gasteiger partial charge in [-0.2, -0.15) is 0 Å². The van der Waals surface area contributed by atoms with E-state index in [1.54, 1.807) is 38.1 Å². The minimum absolute atomic E-state index is 0.0510. The zero-order valence-corrected chi connectivity index (χ0v) is 19.3. The van der Waals surface area contributed by atoms with E-state index in [0.29, 0.717) is 10.7 Å². The summed E-state index contributed by atoms with van der Waals surface area (Å²) >= 11 is 12.3. The molecule has 9 heteroatoms. The van der Waals surface area contributed by atoms with Gasteiger partial charge in [0, 0.05) is 23.4 Å². The van der Waals surface area contributed by atoms with Crippen molar-refractivity contribution >= 4 is 46.7 Å². The van der Waals surface area contributed by atoms with E-state index >= 15 is 0 Å². The number of imide groups is 1. The van der Waals surface area contributed by atoms with Crippen molar-refractivity contribution in [3.63, 3.8) is 0 Å². The van der Waals surface area contributed by atoms with Crippen LogP contribution >= 0.6 is 23.2 Å². The highest BCUT2D eigenvalue weighted by Crippen LogP contribution is 2.48. The Bertz CT molecular complexity index is 1090. The fourth-order valence-corrected chi connectivity index (χ4v) is 5.05. The number of ether oxygens (including phenoxy) is 1. The van der Waals surface area contributed by atoms with Crippen LogP contribution in [0.25, 0.3) is 0 Å². The van der Waals surface area contributed by atoms with Gasteiger partial charge >= 0.3 is 6.09 Å². The number of nitrogens with zero attached hydrogens (tertiary/aromatic N) is 2. The Labute approximate surface area is 195 Å². The molecule has 2 aliphatic rings. The molecule has 2 aliphatic heterocycles. The number of hydrogen-bond acceptors (Lipinski definition) is 6. The van der Waals surface area contributed by atoms with Crippen molar-refractivity contribution in [1.29, 1.82) is 0 Å². The third-order valence-electron chi connectivity index (χ3n) is 5.86. The number of benzene rings is 2. The van der Waals surface area contributed by atoms with Gasteiger partial charge in [0.25, 0.3) is 5.91 Å². The molecule has 2 saturated heterocycles. The summed E-state index contributed by atoms with van der Waals surface area (Å²) in [5, 5.41) is 2.07. The maximum Gasteiger partial charge on any atom is 0.416 e. The Morgan fingerprint density at radius 2 is 1.81 bits per heavy atom. The maximum atomic E-state index is 13.6. The van der Waals surface area contributed by atoms with Gasteiger partial charge in [-0.25, -0.2) is 14.8 Å². The van der Waals surface area contributed by atoms with Gasteiger partial charge in [0.05, 0.1) is 23.4 Å². The second kappa shape index (κ2) is 8.06. The SMILES string of the molecule is COC(=O)N1C(=O)[C@]2(C[C@H](C(=O)c3ccc(Cl)cc3Cl)N(c3ccccc3)O2)CC1(C)C. The van der Waals surface area contributed by atoms with Gasteiger partial charge in [0.15, 0.2) is 11.4 Å². The van der Waals surface area contributed by atoms with Crippen LogP contribution in [0.15, 0.2) is 48.5 Å². The second-order valence-corrected chi connectivity index (χ2v) is 9.40. The monoisotopic (exact) mass is 476 g/mol. The summed E-state index contributed by atoms with van der Waals surface area (Å²) in [7, 11) is 1.22. The van der Waals surface area contributed by atoms with Crippen LogP contribution in [0, 0.1) is 0 Å². The molecule has 2 atom stereocenters. The first kappa shape index (κ1) is 22.6. The van der Waals surface area contributed by atoms with Crippen molar-refractivity contribution in [3.05, 3.63) is 64.1 Å². The number of amides is 2. The summed E-state index contributed by atoms with van der Waals surface area (Å²) in [6, 6.07) is 12.8. The number of para-hydroxylation sites is 1. The lowest BCUT2D eigenvalue weighted by Crippen LogP contribution is -2.47. The number of Topliss-reactive ketones (excluding diaryl/α,β-unsaturated/α-hetero) is 1. The average Bonchev–Trinajstić information content (AvgIpc) is 3.22. The number of ketones is 1. The Balaban J connectivity index is 1.77. The van der Waals surface area contributed by atoms with Gasteiger partial charge in [-0.05, 0) is 44.2 Å². The van der Waals surface area contributed by atoms with E-state index < -0.39 is 29.2 Å². The van der Waals surface area contributed by atoms with E-state index in [2.05, 4.69) is 0 Å². The summed E-state index contributed by atoms with van der Waals surface area (Å²) in [5.41, 5.74) is -1.37. The van der Waals surface area contributed by atoms with Gasteiger partial charge in [-0.15, -0.1) is 0 Å². The van der Waals surface area contributed by atoms with E-state index in [1.165, 1.54) is 18.2 Å². The van der Waals surface area contributed by atoms with E-state index in [9.17, 15) is 14.4 Å². The summed E-state index contributed by atoms with van der Waals surface area (Å²) in [6.45, 7) is 3.52. The first-order chi connectivity index (χ1) is 15.1. The van der Waals surface area contributed by atoms with Gasteiger partial charge in [0.2, 0.25) is 0 Å². The maximum absolute atomic E-state index is 13.6. The van der Waals surface area contributed by atoms with Crippen molar-refractivity contribution in [3.8, 4) is 0 Å². The number of hydrogen-bond donors (Lipinski definition) is 0. The molecule has 0 aromatic heterocycles. The zero-order chi connectivity index (χ0) is 23.3. The molecule has 7 nitrogen and oxygen atoms in total. The third kappa shape index (κ3) is 3.64. The van der Waals surface area contributed by atoms with Crippen molar-refractivity contribution in [2.24, 2.45) is 0 Å². The van der Waals surface area contributed by atoms with Crippen LogP contribution in [0.1, 0.15) is 37.0 Å². The van der Waals surface area contributed by atoms with Crippen LogP contribution in [0.2, 0.25) is 10.0 Å². The molecular formula is C23H22Cl2N2O5. The number of carbonyl (C=O) groups excluding carboxylic acids is 3. The van der Waals surface area contributed by atoms with Gasteiger partial charge in [-0.3, -0.25) is 14.4 Å². The Kier molecular flexibility index (Phi) is 5.69. The van der Waals surface area contributed by atoms with Crippen LogP contribution in [0.5, 0.6) is 0 Å². The van der Waals surface area contributed by atoms with Crippen LogP contribution in [0.4, 0.5) is 10.5 Å². The van der Waals surface area contributed by atoms with Gasteiger partial charge in [0.1, 0.15) is 6.04 Å². The molecule has 2 amide bonds. The average molecular weight is 477 g/mol. The molecular weight excluding hydrogens is 455 g/mol. The smallest absolute Gasteiger partial charge is 0.416 e. The number of methoxy groups -OCH3 is 1. The van der Waals surface area contributed by atoms with Crippen LogP contribution in [-0.2, 0) is 14.4 Å². The highest BCUT2D eigenvalue weighted by atomic mass is 35.5. The largest absolute Gasteiger partial charge is 0.452 e. The highest BCUT2D eigenvalue weighted by Gasteiger charge is 2.65. The summed E-state index contributed by atoms with van der Waals surface area (Å²) in [4.78, 5) is 46.7. The van der Waals surface area contributed by atoms with Crippen LogP contribution < -0.4 is 5.06 Å². The predicted octanol–water partition coefficient (Wildman–Crippen LogP) is 4.90. The summed E-state index contributed by atoms with van der Waals surface area (Å²) < 4.78 is 4.83. The minimum Gasteiger partial charge on any atom is -0.452 e. The molecule has 0 aliphatic carbocycles. The van der Waals surface area contributed by atoms with Gasteiger partial charge in [-0.1, -0.05) is 41.4 Å². The predicted molar refractivity (Wildman–Crippen MR) is 120 cm³/mol. The van der Waals surface area contributed by atoms with Crippen molar-refractivity contribution in [1.82, 2.24) is 4.90 Å². The van der Waals surface area contributed by atoms with E-state index in [0.717, 1.165) is 4.90 Å². The number of likely N-dealkylation sites (tertiary alicyclic amines) is 1. The molecule has 1 spiro atoms. The minimum atomic E-state index is -1.40. The molecule has 2 heterocycles. The summed E-state index contributed by atoms with van der Waals surface area (Å²) in [6.07, 6.45) is -0.507. The fourth-order valence-electron chi connectivity index (χ4n) is 4.54. The van der Waals surface area contributed by atoms with Crippen LogP contribution in [-0.4, -0.2) is 47.0 Å².